The van der Waals surface area contributed by atoms with E-state index in [0.29, 0.717) is 24.6 Å². The highest BCUT2D eigenvalue weighted by molar-refractivity contribution is 7.89. The van der Waals surface area contributed by atoms with Crippen LogP contribution in [0.1, 0.15) is 56.6 Å². The number of carbonyl (C=O) groups is 1. The summed E-state index contributed by atoms with van der Waals surface area (Å²) in [6, 6.07) is 13.1. The van der Waals surface area contributed by atoms with E-state index in [1.165, 1.54) is 10.4 Å². The van der Waals surface area contributed by atoms with Gasteiger partial charge in [0.1, 0.15) is 18.2 Å². The largest absolute Gasteiger partial charge is 0.497 e. The third-order valence-corrected chi connectivity index (χ3v) is 10.1. The average Bonchev–Trinajstić information content (AvgIpc) is 2.94. The summed E-state index contributed by atoms with van der Waals surface area (Å²) < 4.78 is 52.9. The molecule has 1 amide bonds. The lowest BCUT2D eigenvalue weighted by atomic mass is 9.78. The summed E-state index contributed by atoms with van der Waals surface area (Å²) in [5.74, 6) is 0.574. The molecule has 2 aliphatic rings. The van der Waals surface area contributed by atoms with Gasteiger partial charge in [-0.2, -0.15) is 4.31 Å². The lowest BCUT2D eigenvalue weighted by molar-refractivity contribution is -0.127. The van der Waals surface area contributed by atoms with E-state index in [1.54, 1.807) is 43.5 Å². The Hall–Kier alpha value is -2.53. The second-order valence-electron chi connectivity index (χ2n) is 11.1. The molecule has 4 rings (SSSR count). The maximum Gasteiger partial charge on any atom is 0.246 e. The molecule has 1 saturated carbocycles. The van der Waals surface area contributed by atoms with Gasteiger partial charge in [-0.05, 0) is 100 Å². The van der Waals surface area contributed by atoms with Crippen molar-refractivity contribution < 1.29 is 27.1 Å². The van der Waals surface area contributed by atoms with Gasteiger partial charge >= 0.3 is 0 Å². The number of carbonyl (C=O) groups excluding carboxylic acids is 1. The monoisotopic (exact) mass is 575 g/mol. The normalized spacial score (nSPS) is 23.1. The van der Waals surface area contributed by atoms with E-state index in [2.05, 4.69) is 10.2 Å². The van der Waals surface area contributed by atoms with E-state index in [4.69, 9.17) is 9.47 Å². The fraction of sp³-hybridized carbons (Fsp3) is 0.567. The predicted molar refractivity (Wildman–Crippen MR) is 152 cm³/mol. The molecule has 2 aromatic carbocycles. The third-order valence-electron chi connectivity index (χ3n) is 8.11. The maximum atomic E-state index is 13.9. The molecule has 1 aliphatic heterocycles. The number of sulfonamides is 1. The molecule has 8 nitrogen and oxygen atoms in total. The van der Waals surface area contributed by atoms with Crippen LogP contribution < -0.4 is 10.1 Å². The van der Waals surface area contributed by atoms with Crippen LogP contribution in [0.15, 0.2) is 53.4 Å². The predicted octanol–water partition coefficient (Wildman–Crippen LogP) is 4.37. The average molecular weight is 576 g/mol. The number of hydrogen-bond acceptors (Lipinski definition) is 6. The highest BCUT2D eigenvalue weighted by atomic mass is 32.2. The van der Waals surface area contributed by atoms with Crippen LogP contribution in [0.2, 0.25) is 0 Å². The van der Waals surface area contributed by atoms with Crippen molar-refractivity contribution in [3.63, 3.8) is 0 Å². The number of nitrogens with one attached hydrogen (secondary N) is 1. The van der Waals surface area contributed by atoms with Gasteiger partial charge in [0.2, 0.25) is 15.9 Å². The lowest BCUT2D eigenvalue weighted by Gasteiger charge is -2.38. The highest BCUT2D eigenvalue weighted by Crippen LogP contribution is 2.37. The Labute approximate surface area is 237 Å². The van der Waals surface area contributed by atoms with Gasteiger partial charge in [0.25, 0.3) is 0 Å². The first-order chi connectivity index (χ1) is 19.2. The summed E-state index contributed by atoms with van der Waals surface area (Å²) in [7, 11) is 1.91. The molecule has 1 heterocycles. The molecule has 1 N–H and O–H groups in total. The minimum Gasteiger partial charge on any atom is -0.497 e. The number of methoxy groups -OCH3 is 1. The lowest BCUT2D eigenvalue weighted by Crippen LogP contribution is -2.46. The number of ether oxygens (including phenoxy) is 2. The van der Waals surface area contributed by atoms with Gasteiger partial charge in [0.05, 0.1) is 18.6 Å². The Kier molecular flexibility index (Phi) is 10.6. The van der Waals surface area contributed by atoms with Crippen molar-refractivity contribution in [2.75, 3.05) is 41.0 Å². The highest BCUT2D eigenvalue weighted by Gasteiger charge is 2.34. The molecular weight excluding hydrogens is 533 g/mol. The minimum absolute atomic E-state index is 0.0734. The zero-order valence-electron chi connectivity index (χ0n) is 23.7. The number of amides is 1. The summed E-state index contributed by atoms with van der Waals surface area (Å²) in [6.07, 6.45) is 5.99. The molecule has 10 heteroatoms. The number of benzene rings is 2. The van der Waals surface area contributed by atoms with Crippen molar-refractivity contribution in [1.29, 1.82) is 0 Å². The Morgan fingerprint density at radius 2 is 1.80 bits per heavy atom. The van der Waals surface area contributed by atoms with Crippen molar-refractivity contribution in [3.8, 4) is 5.75 Å². The van der Waals surface area contributed by atoms with Gasteiger partial charge in [-0.3, -0.25) is 4.79 Å². The number of rotatable bonds is 11. The van der Waals surface area contributed by atoms with E-state index in [1.807, 2.05) is 20.2 Å². The van der Waals surface area contributed by atoms with Crippen molar-refractivity contribution >= 4 is 15.9 Å². The van der Waals surface area contributed by atoms with Crippen molar-refractivity contribution in [2.45, 2.75) is 68.0 Å². The molecular formula is C30H42FN3O5S. The maximum absolute atomic E-state index is 13.9. The summed E-state index contributed by atoms with van der Waals surface area (Å²) >= 11 is 0. The van der Waals surface area contributed by atoms with Crippen molar-refractivity contribution in [1.82, 2.24) is 14.5 Å². The summed E-state index contributed by atoms with van der Waals surface area (Å²) in [4.78, 5) is 15.0. The van der Waals surface area contributed by atoms with E-state index < -0.39 is 10.0 Å². The van der Waals surface area contributed by atoms with Gasteiger partial charge in [0, 0.05) is 24.7 Å². The van der Waals surface area contributed by atoms with Crippen LogP contribution in [-0.4, -0.2) is 76.6 Å². The van der Waals surface area contributed by atoms with E-state index in [-0.39, 0.29) is 48.0 Å². The summed E-state index contributed by atoms with van der Waals surface area (Å²) in [5, 5.41) is 3.09. The first kappa shape index (κ1) is 30.4. The Bertz CT molecular complexity index is 1220. The van der Waals surface area contributed by atoms with Gasteiger partial charge in [-0.1, -0.05) is 18.6 Å². The number of hydrogen-bond donors (Lipinski definition) is 1. The summed E-state index contributed by atoms with van der Waals surface area (Å²) in [6.45, 7) is 0.506. The van der Waals surface area contributed by atoms with Crippen molar-refractivity contribution in [3.05, 3.63) is 59.9 Å². The molecule has 2 aromatic rings. The van der Waals surface area contributed by atoms with E-state index in [9.17, 15) is 17.6 Å². The van der Waals surface area contributed by atoms with Crippen LogP contribution in [-0.2, 0) is 19.6 Å². The molecule has 1 saturated heterocycles. The van der Waals surface area contributed by atoms with Gasteiger partial charge in [-0.15, -0.1) is 0 Å². The zero-order chi connectivity index (χ0) is 28.7. The van der Waals surface area contributed by atoms with Crippen LogP contribution in [0.5, 0.6) is 5.75 Å². The Morgan fingerprint density at radius 1 is 1.07 bits per heavy atom. The molecule has 2 atom stereocenters. The smallest absolute Gasteiger partial charge is 0.246 e. The Morgan fingerprint density at radius 3 is 2.45 bits per heavy atom. The molecule has 1 aliphatic carbocycles. The van der Waals surface area contributed by atoms with Crippen molar-refractivity contribution in [2.24, 2.45) is 5.92 Å². The second kappa shape index (κ2) is 13.9. The zero-order valence-corrected chi connectivity index (χ0v) is 24.5. The van der Waals surface area contributed by atoms with E-state index in [0.717, 1.165) is 44.1 Å². The fourth-order valence-corrected chi connectivity index (χ4v) is 7.84. The van der Waals surface area contributed by atoms with Crippen LogP contribution in [0, 0.1) is 11.7 Å². The molecule has 0 spiro atoms. The number of nitrogens with zero attached hydrogens (tertiary/aromatic N) is 2. The van der Waals surface area contributed by atoms with E-state index >= 15 is 0 Å². The molecule has 0 aromatic heterocycles. The quantitative estimate of drug-likeness (QED) is 0.428. The molecule has 0 radical (unpaired) electrons. The number of halogens is 1. The number of piperidine rings is 1. The Balaban J connectivity index is 1.25. The topological polar surface area (TPSA) is 88.2 Å². The van der Waals surface area contributed by atoms with Gasteiger partial charge < -0.3 is 19.7 Å². The molecule has 220 valence electrons. The van der Waals surface area contributed by atoms with Gasteiger partial charge in [0.15, 0.2) is 0 Å². The first-order valence-corrected chi connectivity index (χ1v) is 15.6. The second-order valence-corrected chi connectivity index (χ2v) is 13.0. The molecule has 2 fully saturated rings. The third kappa shape index (κ3) is 7.60. The van der Waals surface area contributed by atoms with Crippen LogP contribution >= 0.6 is 0 Å². The van der Waals surface area contributed by atoms with Crippen LogP contribution in [0.4, 0.5) is 4.39 Å². The summed E-state index contributed by atoms with van der Waals surface area (Å²) in [5.41, 5.74) is 0.983. The van der Waals surface area contributed by atoms with Crippen LogP contribution in [0.25, 0.3) is 0 Å². The van der Waals surface area contributed by atoms with Crippen LogP contribution in [0.3, 0.4) is 0 Å². The standard InChI is InChI=1S/C30H42FN3O5S/c1-33(2)30(23-7-6-8-24(31)19-23)22-10-12-25(13-11-22)32-29(35)21-39-20-26-9-4-5-18-34(26)40(36,37)28-16-14-27(38-3)15-17-28/h6-8,14-17,19,22,25-26,30H,4-5,9-13,18,20-21H2,1-3H3,(H,32,35). The molecule has 2 unspecified atom stereocenters. The molecule has 0 bridgehead atoms. The fourth-order valence-electron chi connectivity index (χ4n) is 6.16. The molecule has 40 heavy (non-hydrogen) atoms. The first-order valence-electron chi connectivity index (χ1n) is 14.1. The van der Waals surface area contributed by atoms with Gasteiger partial charge in [-0.25, -0.2) is 12.8 Å². The SMILES string of the molecule is COc1ccc(S(=O)(=O)N2CCCCC2COCC(=O)NC2CCC(C(c3cccc(F)c3)N(C)C)CC2)cc1. The minimum atomic E-state index is -3.68.